The third-order valence-corrected chi connectivity index (χ3v) is 5.30. The van der Waals surface area contributed by atoms with Gasteiger partial charge in [-0.1, -0.05) is 30.3 Å². The maximum atomic E-state index is 9.17. The lowest BCUT2D eigenvalue weighted by molar-refractivity contribution is 0.269. The second-order valence-electron chi connectivity index (χ2n) is 5.74. The fraction of sp³-hybridized carbons (Fsp3) is 0.444. The SMILES string of the molecule is OCCCC(NC1CCCc2sccc21)c1ccccc1. The van der Waals surface area contributed by atoms with Gasteiger partial charge in [0.1, 0.15) is 0 Å². The van der Waals surface area contributed by atoms with E-state index in [9.17, 15) is 0 Å². The number of fused-ring (bicyclic) bond motifs is 1. The Hall–Kier alpha value is -1.16. The molecule has 2 aromatic rings. The minimum absolute atomic E-state index is 0.263. The fourth-order valence-electron chi connectivity index (χ4n) is 3.23. The molecule has 1 aliphatic rings. The van der Waals surface area contributed by atoms with Crippen LogP contribution in [0.1, 0.15) is 53.8 Å². The molecule has 0 bridgehead atoms. The Balaban J connectivity index is 1.76. The second-order valence-corrected chi connectivity index (χ2v) is 6.74. The van der Waals surface area contributed by atoms with Crippen LogP contribution in [-0.2, 0) is 6.42 Å². The summed E-state index contributed by atoms with van der Waals surface area (Å²) < 4.78 is 0. The van der Waals surface area contributed by atoms with Gasteiger partial charge in [-0.25, -0.2) is 0 Å². The monoisotopic (exact) mass is 301 g/mol. The lowest BCUT2D eigenvalue weighted by Crippen LogP contribution is -2.28. The van der Waals surface area contributed by atoms with Crippen molar-refractivity contribution in [3.8, 4) is 0 Å². The Morgan fingerprint density at radius 1 is 1.24 bits per heavy atom. The first-order chi connectivity index (χ1) is 10.4. The van der Waals surface area contributed by atoms with Crippen LogP contribution in [-0.4, -0.2) is 11.7 Å². The highest BCUT2D eigenvalue weighted by molar-refractivity contribution is 7.10. The molecule has 1 aromatic heterocycles. The third kappa shape index (κ3) is 3.54. The Morgan fingerprint density at radius 2 is 2.10 bits per heavy atom. The number of hydrogen-bond donors (Lipinski definition) is 2. The molecule has 1 heterocycles. The average Bonchev–Trinajstić information content (AvgIpc) is 3.01. The minimum atomic E-state index is 0.263. The van der Waals surface area contributed by atoms with E-state index in [1.54, 1.807) is 4.88 Å². The molecular weight excluding hydrogens is 278 g/mol. The standard InChI is InChI=1S/C18H23NOS/c20-12-5-9-16(14-6-2-1-3-7-14)19-17-8-4-10-18-15(17)11-13-21-18/h1-3,6-7,11,13,16-17,19-20H,4-5,8-10,12H2. The lowest BCUT2D eigenvalue weighted by atomic mass is 9.91. The summed E-state index contributed by atoms with van der Waals surface area (Å²) in [5.74, 6) is 0. The first-order valence-electron chi connectivity index (χ1n) is 7.86. The molecule has 2 unspecified atom stereocenters. The van der Waals surface area contributed by atoms with Crippen molar-refractivity contribution in [1.82, 2.24) is 5.32 Å². The topological polar surface area (TPSA) is 32.3 Å². The predicted octanol–water partition coefficient (Wildman–Crippen LogP) is 4.23. The van der Waals surface area contributed by atoms with Crippen LogP contribution in [0.15, 0.2) is 41.8 Å². The quantitative estimate of drug-likeness (QED) is 0.837. The molecule has 112 valence electrons. The smallest absolute Gasteiger partial charge is 0.0431 e. The lowest BCUT2D eigenvalue weighted by Gasteiger charge is -2.29. The molecule has 0 amide bonds. The van der Waals surface area contributed by atoms with Crippen LogP contribution >= 0.6 is 11.3 Å². The molecule has 1 aromatic carbocycles. The minimum Gasteiger partial charge on any atom is -0.396 e. The highest BCUT2D eigenvalue weighted by Crippen LogP contribution is 2.35. The normalized spacial score (nSPS) is 19.2. The Kier molecular flexibility index (Phi) is 5.07. The van der Waals surface area contributed by atoms with Crippen LogP contribution in [0.2, 0.25) is 0 Å². The summed E-state index contributed by atoms with van der Waals surface area (Å²) in [5, 5.41) is 15.2. The molecule has 2 nitrogen and oxygen atoms in total. The largest absolute Gasteiger partial charge is 0.396 e. The van der Waals surface area contributed by atoms with Gasteiger partial charge in [-0.3, -0.25) is 0 Å². The van der Waals surface area contributed by atoms with E-state index in [0.717, 1.165) is 12.8 Å². The van der Waals surface area contributed by atoms with E-state index in [4.69, 9.17) is 5.11 Å². The average molecular weight is 301 g/mol. The Morgan fingerprint density at radius 3 is 2.90 bits per heavy atom. The molecule has 0 fully saturated rings. The van der Waals surface area contributed by atoms with Gasteiger partial charge in [-0.2, -0.15) is 0 Å². The fourth-order valence-corrected chi connectivity index (χ4v) is 4.22. The zero-order valence-corrected chi connectivity index (χ0v) is 13.1. The van der Waals surface area contributed by atoms with E-state index in [0.29, 0.717) is 12.1 Å². The van der Waals surface area contributed by atoms with Crippen molar-refractivity contribution in [2.75, 3.05) is 6.61 Å². The predicted molar refractivity (Wildman–Crippen MR) is 88.6 cm³/mol. The van der Waals surface area contributed by atoms with Crippen LogP contribution in [0, 0.1) is 0 Å². The number of hydrogen-bond acceptors (Lipinski definition) is 3. The second kappa shape index (κ2) is 7.21. The Bertz CT molecular complexity index is 551. The number of aliphatic hydroxyl groups is 1. The van der Waals surface area contributed by atoms with Gasteiger partial charge in [-0.05, 0) is 54.7 Å². The van der Waals surface area contributed by atoms with Crippen LogP contribution in [0.4, 0.5) is 0 Å². The van der Waals surface area contributed by atoms with Crippen LogP contribution in [0.25, 0.3) is 0 Å². The van der Waals surface area contributed by atoms with Gasteiger partial charge in [0.05, 0.1) is 0 Å². The number of thiophene rings is 1. The van der Waals surface area contributed by atoms with Crippen molar-refractivity contribution < 1.29 is 5.11 Å². The molecule has 0 spiro atoms. The van der Waals surface area contributed by atoms with Crippen LogP contribution in [0.3, 0.4) is 0 Å². The Labute approximate surface area is 130 Å². The summed E-state index contributed by atoms with van der Waals surface area (Å²) in [4.78, 5) is 1.55. The van der Waals surface area contributed by atoms with Crippen molar-refractivity contribution in [3.63, 3.8) is 0 Å². The number of rotatable bonds is 6. The molecule has 0 saturated heterocycles. The maximum Gasteiger partial charge on any atom is 0.0431 e. The van der Waals surface area contributed by atoms with E-state index < -0.39 is 0 Å². The number of aliphatic hydroxyl groups excluding tert-OH is 1. The summed E-state index contributed by atoms with van der Waals surface area (Å²) in [6.45, 7) is 0.263. The summed E-state index contributed by atoms with van der Waals surface area (Å²) in [7, 11) is 0. The van der Waals surface area contributed by atoms with E-state index >= 15 is 0 Å². The first kappa shape index (κ1) is 14.8. The highest BCUT2D eigenvalue weighted by Gasteiger charge is 2.24. The van der Waals surface area contributed by atoms with Gasteiger partial charge in [0.2, 0.25) is 0 Å². The van der Waals surface area contributed by atoms with E-state index in [1.807, 2.05) is 11.3 Å². The molecule has 0 aliphatic heterocycles. The van der Waals surface area contributed by atoms with Gasteiger partial charge in [0.15, 0.2) is 0 Å². The summed E-state index contributed by atoms with van der Waals surface area (Å²) in [6, 6.07) is 13.7. The molecule has 21 heavy (non-hydrogen) atoms. The van der Waals surface area contributed by atoms with Gasteiger partial charge in [0.25, 0.3) is 0 Å². The molecule has 3 rings (SSSR count). The van der Waals surface area contributed by atoms with Crippen molar-refractivity contribution in [1.29, 1.82) is 0 Å². The zero-order chi connectivity index (χ0) is 14.5. The maximum absolute atomic E-state index is 9.17. The summed E-state index contributed by atoms with van der Waals surface area (Å²) in [5.41, 5.74) is 2.82. The number of nitrogens with one attached hydrogen (secondary N) is 1. The molecule has 2 N–H and O–H groups in total. The van der Waals surface area contributed by atoms with Crippen molar-refractivity contribution in [2.24, 2.45) is 0 Å². The van der Waals surface area contributed by atoms with E-state index in [-0.39, 0.29) is 6.61 Å². The first-order valence-corrected chi connectivity index (χ1v) is 8.74. The van der Waals surface area contributed by atoms with Crippen molar-refractivity contribution in [2.45, 2.75) is 44.2 Å². The van der Waals surface area contributed by atoms with Gasteiger partial charge < -0.3 is 10.4 Å². The molecule has 0 radical (unpaired) electrons. The van der Waals surface area contributed by atoms with Crippen molar-refractivity contribution >= 4 is 11.3 Å². The van der Waals surface area contributed by atoms with E-state index in [2.05, 4.69) is 47.1 Å². The molecule has 2 atom stereocenters. The van der Waals surface area contributed by atoms with Gasteiger partial charge in [-0.15, -0.1) is 11.3 Å². The molecule has 3 heteroatoms. The number of aryl methyl sites for hydroxylation is 1. The molecule has 1 aliphatic carbocycles. The summed E-state index contributed by atoms with van der Waals surface area (Å²) >= 11 is 1.89. The highest BCUT2D eigenvalue weighted by atomic mass is 32.1. The van der Waals surface area contributed by atoms with E-state index in [1.165, 1.54) is 30.4 Å². The number of benzene rings is 1. The van der Waals surface area contributed by atoms with Gasteiger partial charge in [0, 0.05) is 23.6 Å². The van der Waals surface area contributed by atoms with Gasteiger partial charge >= 0.3 is 0 Å². The zero-order valence-electron chi connectivity index (χ0n) is 12.3. The molecular formula is C18H23NOS. The summed E-state index contributed by atoms with van der Waals surface area (Å²) in [6.07, 6.45) is 5.54. The van der Waals surface area contributed by atoms with Crippen LogP contribution in [0.5, 0.6) is 0 Å². The van der Waals surface area contributed by atoms with Crippen LogP contribution < -0.4 is 5.32 Å². The third-order valence-electron chi connectivity index (χ3n) is 4.31. The molecule has 0 saturated carbocycles. The van der Waals surface area contributed by atoms with Crippen molar-refractivity contribution in [3.05, 3.63) is 57.8 Å².